The highest BCUT2D eigenvalue weighted by Crippen LogP contribution is 2.23. The van der Waals surface area contributed by atoms with Crippen molar-refractivity contribution in [2.24, 2.45) is 5.73 Å². The number of amides is 1. The monoisotopic (exact) mass is 277 g/mol. The topological polar surface area (TPSA) is 89.5 Å². The van der Waals surface area contributed by atoms with Crippen molar-refractivity contribution < 1.29 is 9.72 Å². The molecule has 0 atom stereocenters. The first-order chi connectivity index (χ1) is 9.56. The van der Waals surface area contributed by atoms with Crippen LogP contribution in [0.2, 0.25) is 0 Å². The van der Waals surface area contributed by atoms with E-state index in [-0.39, 0.29) is 16.5 Å². The molecule has 0 unspecified atom stereocenters. The quantitative estimate of drug-likeness (QED) is 0.486. The Morgan fingerprint density at radius 3 is 2.85 bits per heavy atom. The van der Waals surface area contributed by atoms with Gasteiger partial charge in [0.05, 0.1) is 4.92 Å². The lowest BCUT2D eigenvalue weighted by molar-refractivity contribution is -0.385. The van der Waals surface area contributed by atoms with Crippen LogP contribution >= 0.6 is 0 Å². The van der Waals surface area contributed by atoms with Crippen LogP contribution in [0.25, 0.3) is 0 Å². The SMILES string of the molecule is NC(=O)CCCCN1CCc2ccc([N+](=O)[O-])cc2C1. The average Bonchev–Trinajstić information content (AvgIpc) is 2.42. The van der Waals surface area contributed by atoms with E-state index in [9.17, 15) is 14.9 Å². The summed E-state index contributed by atoms with van der Waals surface area (Å²) in [5.74, 6) is -0.260. The molecule has 0 saturated carbocycles. The van der Waals surface area contributed by atoms with E-state index in [2.05, 4.69) is 4.90 Å². The number of carbonyl (C=O) groups excluding carboxylic acids is 1. The van der Waals surface area contributed by atoms with Gasteiger partial charge in [-0.3, -0.25) is 19.8 Å². The Morgan fingerprint density at radius 2 is 2.15 bits per heavy atom. The van der Waals surface area contributed by atoms with E-state index in [1.165, 1.54) is 5.56 Å². The van der Waals surface area contributed by atoms with Gasteiger partial charge in [-0.1, -0.05) is 6.07 Å². The van der Waals surface area contributed by atoms with Gasteiger partial charge in [0, 0.05) is 31.6 Å². The highest BCUT2D eigenvalue weighted by Gasteiger charge is 2.18. The number of benzene rings is 1. The van der Waals surface area contributed by atoms with Gasteiger partial charge in [0.15, 0.2) is 0 Å². The van der Waals surface area contributed by atoms with Crippen molar-refractivity contribution in [3.05, 3.63) is 39.4 Å². The first-order valence-corrected chi connectivity index (χ1v) is 6.83. The standard InChI is InChI=1S/C14H19N3O3/c15-14(18)3-1-2-7-16-8-6-11-4-5-13(17(19)20)9-12(11)10-16/h4-5,9H,1-3,6-8,10H2,(H2,15,18). The van der Waals surface area contributed by atoms with Crippen molar-refractivity contribution in [3.8, 4) is 0 Å². The fourth-order valence-corrected chi connectivity index (χ4v) is 2.54. The number of nitro groups is 1. The molecule has 0 aliphatic carbocycles. The van der Waals surface area contributed by atoms with Gasteiger partial charge in [0.2, 0.25) is 5.91 Å². The molecular formula is C14H19N3O3. The Bertz CT molecular complexity index is 516. The zero-order valence-electron chi connectivity index (χ0n) is 11.4. The Kier molecular flexibility index (Phi) is 4.68. The van der Waals surface area contributed by atoms with E-state index in [1.807, 2.05) is 6.07 Å². The summed E-state index contributed by atoms with van der Waals surface area (Å²) in [6, 6.07) is 5.10. The highest BCUT2D eigenvalue weighted by atomic mass is 16.6. The van der Waals surface area contributed by atoms with Crippen molar-refractivity contribution in [3.63, 3.8) is 0 Å². The summed E-state index contributed by atoms with van der Waals surface area (Å²) < 4.78 is 0. The minimum absolute atomic E-state index is 0.152. The van der Waals surface area contributed by atoms with Crippen LogP contribution in [-0.2, 0) is 17.8 Å². The van der Waals surface area contributed by atoms with Gasteiger partial charge >= 0.3 is 0 Å². The predicted molar refractivity (Wildman–Crippen MR) is 75.1 cm³/mol. The minimum Gasteiger partial charge on any atom is -0.370 e. The Balaban J connectivity index is 1.90. The lowest BCUT2D eigenvalue weighted by Crippen LogP contribution is -2.31. The molecule has 0 saturated heterocycles. The van der Waals surface area contributed by atoms with Gasteiger partial charge < -0.3 is 5.73 Å². The lowest BCUT2D eigenvalue weighted by Gasteiger charge is -2.28. The number of fused-ring (bicyclic) bond motifs is 1. The maximum atomic E-state index is 10.8. The number of nitrogens with zero attached hydrogens (tertiary/aromatic N) is 2. The van der Waals surface area contributed by atoms with Gasteiger partial charge in [-0.05, 0) is 36.9 Å². The first-order valence-electron chi connectivity index (χ1n) is 6.83. The van der Waals surface area contributed by atoms with Crippen molar-refractivity contribution >= 4 is 11.6 Å². The number of nitro benzene ring substituents is 1. The molecule has 1 aliphatic heterocycles. The van der Waals surface area contributed by atoms with Crippen LogP contribution < -0.4 is 5.73 Å². The highest BCUT2D eigenvalue weighted by molar-refractivity contribution is 5.73. The number of nitrogens with two attached hydrogens (primary N) is 1. The summed E-state index contributed by atoms with van der Waals surface area (Å²) >= 11 is 0. The van der Waals surface area contributed by atoms with Crippen LogP contribution in [0, 0.1) is 10.1 Å². The van der Waals surface area contributed by atoms with Gasteiger partial charge in [-0.25, -0.2) is 0 Å². The summed E-state index contributed by atoms with van der Waals surface area (Å²) in [6.07, 6.45) is 3.07. The third kappa shape index (κ3) is 3.77. The molecule has 2 rings (SSSR count). The van der Waals surface area contributed by atoms with Gasteiger partial charge in [-0.15, -0.1) is 0 Å². The largest absolute Gasteiger partial charge is 0.370 e. The van der Waals surface area contributed by atoms with E-state index >= 15 is 0 Å². The van der Waals surface area contributed by atoms with E-state index in [4.69, 9.17) is 5.73 Å². The average molecular weight is 277 g/mol. The number of primary amides is 1. The van der Waals surface area contributed by atoms with Crippen LogP contribution in [0.4, 0.5) is 5.69 Å². The molecule has 0 radical (unpaired) electrons. The van der Waals surface area contributed by atoms with Crippen LogP contribution in [0.15, 0.2) is 18.2 Å². The first kappa shape index (κ1) is 14.5. The second-order valence-electron chi connectivity index (χ2n) is 5.16. The molecule has 0 spiro atoms. The van der Waals surface area contributed by atoms with E-state index in [0.717, 1.165) is 44.5 Å². The van der Waals surface area contributed by atoms with Crippen molar-refractivity contribution in [2.75, 3.05) is 13.1 Å². The summed E-state index contributed by atoms with van der Waals surface area (Å²) in [7, 11) is 0. The summed E-state index contributed by atoms with van der Waals surface area (Å²) in [5.41, 5.74) is 7.50. The smallest absolute Gasteiger partial charge is 0.269 e. The minimum atomic E-state index is -0.355. The van der Waals surface area contributed by atoms with Crippen molar-refractivity contribution in [2.45, 2.75) is 32.2 Å². The number of carbonyl (C=O) groups is 1. The number of rotatable bonds is 6. The molecule has 1 heterocycles. The van der Waals surface area contributed by atoms with Gasteiger partial charge in [0.25, 0.3) is 5.69 Å². The van der Waals surface area contributed by atoms with Crippen LogP contribution in [0.1, 0.15) is 30.4 Å². The maximum Gasteiger partial charge on any atom is 0.269 e. The molecule has 1 amide bonds. The maximum absolute atomic E-state index is 10.8. The van der Waals surface area contributed by atoms with E-state index in [1.54, 1.807) is 12.1 Å². The van der Waals surface area contributed by atoms with Crippen LogP contribution in [0.3, 0.4) is 0 Å². The van der Waals surface area contributed by atoms with Crippen LogP contribution in [0.5, 0.6) is 0 Å². The zero-order valence-corrected chi connectivity index (χ0v) is 11.4. The molecule has 0 fully saturated rings. The zero-order chi connectivity index (χ0) is 14.5. The lowest BCUT2D eigenvalue weighted by atomic mass is 9.99. The number of non-ortho nitro benzene ring substituents is 1. The summed E-state index contributed by atoms with van der Waals surface area (Å²) in [5, 5.41) is 10.8. The third-order valence-corrected chi connectivity index (χ3v) is 3.64. The molecule has 1 aromatic rings. The molecule has 108 valence electrons. The Hall–Kier alpha value is -1.95. The van der Waals surface area contributed by atoms with E-state index in [0.29, 0.717) is 6.42 Å². The molecule has 6 heteroatoms. The second kappa shape index (κ2) is 6.47. The summed E-state index contributed by atoms with van der Waals surface area (Å²) in [4.78, 5) is 23.4. The van der Waals surface area contributed by atoms with E-state index < -0.39 is 0 Å². The molecule has 2 N–H and O–H groups in total. The molecule has 20 heavy (non-hydrogen) atoms. The predicted octanol–water partition coefficient (Wildman–Crippen LogP) is 1.61. The number of hydrogen-bond donors (Lipinski definition) is 1. The van der Waals surface area contributed by atoms with Crippen LogP contribution in [-0.4, -0.2) is 28.8 Å². The molecular weight excluding hydrogens is 258 g/mol. The molecule has 0 aromatic heterocycles. The van der Waals surface area contributed by atoms with Crippen molar-refractivity contribution in [1.29, 1.82) is 0 Å². The molecule has 1 aliphatic rings. The second-order valence-corrected chi connectivity index (χ2v) is 5.16. The molecule has 6 nitrogen and oxygen atoms in total. The summed E-state index contributed by atoms with van der Waals surface area (Å²) in [6.45, 7) is 2.60. The fourth-order valence-electron chi connectivity index (χ4n) is 2.54. The van der Waals surface area contributed by atoms with Gasteiger partial charge in [0.1, 0.15) is 0 Å². The number of hydrogen-bond acceptors (Lipinski definition) is 4. The number of unbranched alkanes of at least 4 members (excludes halogenated alkanes) is 1. The Morgan fingerprint density at radius 1 is 1.35 bits per heavy atom. The Labute approximate surface area is 117 Å². The van der Waals surface area contributed by atoms with Crippen molar-refractivity contribution in [1.82, 2.24) is 4.90 Å². The molecule has 0 bridgehead atoms. The normalized spacial score (nSPS) is 14.8. The molecule has 1 aromatic carbocycles. The fraction of sp³-hybridized carbons (Fsp3) is 0.500. The third-order valence-electron chi connectivity index (χ3n) is 3.64. The van der Waals surface area contributed by atoms with Gasteiger partial charge in [-0.2, -0.15) is 0 Å².